The minimum Gasteiger partial charge on any atom is -0.575 e. The predicted octanol–water partition coefficient (Wildman–Crippen LogP) is 1.08. The SMILES string of the molecule is C[C@H](N=[P+]([O-])Oc1ccccc1OC[C@H]1O[C@@H](n2ccc(=O)[nH]c2=O)[C@](C)(F)[C@@H]1O)C(=O)OC(CF)CF. The Kier molecular flexibility index (Phi) is 9.66. The lowest BCUT2D eigenvalue weighted by atomic mass is 9.98. The van der Waals surface area contributed by atoms with Crippen LogP contribution in [0, 0.1) is 0 Å². The smallest absolute Gasteiger partial charge is 0.395 e. The van der Waals surface area contributed by atoms with Crippen LogP contribution in [-0.2, 0) is 14.3 Å². The molecular weight excluding hydrogens is 538 g/mol. The number of benzene rings is 1. The Balaban J connectivity index is 1.68. The summed E-state index contributed by atoms with van der Waals surface area (Å²) in [5.41, 5.74) is -4.07. The molecule has 0 amide bonds. The molecule has 0 spiro atoms. The zero-order valence-electron chi connectivity index (χ0n) is 20.2. The van der Waals surface area contributed by atoms with Crippen LogP contribution < -0.4 is 25.4 Å². The Morgan fingerprint density at radius 3 is 2.58 bits per heavy atom. The van der Waals surface area contributed by atoms with Gasteiger partial charge in [0.1, 0.15) is 32.2 Å². The number of H-pyrrole nitrogens is 1. The number of ether oxygens (including phenoxy) is 3. The molecule has 0 radical (unpaired) electrons. The van der Waals surface area contributed by atoms with Crippen molar-refractivity contribution in [3.63, 3.8) is 0 Å². The third-order valence-electron chi connectivity index (χ3n) is 5.49. The largest absolute Gasteiger partial charge is 0.575 e. The molecule has 0 saturated carbocycles. The quantitative estimate of drug-likeness (QED) is 0.301. The molecular formula is C22H25F3N3O9P. The number of para-hydroxylation sites is 2. The maximum atomic E-state index is 15.3. The van der Waals surface area contributed by atoms with Crippen LogP contribution in [0.1, 0.15) is 20.1 Å². The zero-order chi connectivity index (χ0) is 28.0. The highest BCUT2D eigenvalue weighted by atomic mass is 31.1. The van der Waals surface area contributed by atoms with Gasteiger partial charge in [-0.2, -0.15) is 0 Å². The first-order valence-electron chi connectivity index (χ1n) is 11.2. The van der Waals surface area contributed by atoms with Crippen molar-refractivity contribution in [2.24, 2.45) is 4.74 Å². The average molecular weight is 563 g/mol. The number of alkyl halides is 3. The fourth-order valence-electron chi connectivity index (χ4n) is 3.44. The van der Waals surface area contributed by atoms with Crippen LogP contribution in [-0.4, -0.2) is 70.6 Å². The van der Waals surface area contributed by atoms with E-state index < -0.39 is 81.6 Å². The number of hydrogen-bond donors (Lipinski definition) is 2. The van der Waals surface area contributed by atoms with Crippen LogP contribution in [0.2, 0.25) is 0 Å². The normalized spacial score (nSPS) is 24.3. The molecule has 1 aliphatic rings. The van der Waals surface area contributed by atoms with Crippen molar-refractivity contribution in [3.8, 4) is 11.5 Å². The van der Waals surface area contributed by atoms with E-state index in [1.54, 1.807) is 0 Å². The van der Waals surface area contributed by atoms with Crippen molar-refractivity contribution in [1.29, 1.82) is 0 Å². The average Bonchev–Trinajstić information content (AvgIpc) is 3.09. The first-order chi connectivity index (χ1) is 18.0. The van der Waals surface area contributed by atoms with Gasteiger partial charge in [-0.25, -0.2) is 22.8 Å². The number of nitrogens with one attached hydrogen (secondary N) is 1. The van der Waals surface area contributed by atoms with Crippen molar-refractivity contribution in [2.45, 2.75) is 50.1 Å². The summed E-state index contributed by atoms with van der Waals surface area (Å²) in [4.78, 5) is 49.6. The van der Waals surface area contributed by atoms with Crippen LogP contribution in [0.3, 0.4) is 0 Å². The number of carbonyl (C=O) groups excluding carboxylic acids is 1. The number of aliphatic hydroxyl groups is 1. The maximum absolute atomic E-state index is 15.3. The third-order valence-corrected chi connectivity index (χ3v) is 6.37. The monoisotopic (exact) mass is 563 g/mol. The second kappa shape index (κ2) is 12.5. The fraction of sp³-hybridized carbons (Fsp3) is 0.500. The van der Waals surface area contributed by atoms with E-state index in [-0.39, 0.29) is 11.5 Å². The Morgan fingerprint density at radius 1 is 1.29 bits per heavy atom. The van der Waals surface area contributed by atoms with E-state index in [9.17, 15) is 33.2 Å². The number of hydrogen-bond acceptors (Lipinski definition) is 10. The van der Waals surface area contributed by atoms with Gasteiger partial charge in [0.25, 0.3) is 5.56 Å². The van der Waals surface area contributed by atoms with Gasteiger partial charge in [-0.3, -0.25) is 18.9 Å². The van der Waals surface area contributed by atoms with Crippen LogP contribution in [0.15, 0.2) is 50.9 Å². The number of aliphatic hydroxyl groups excluding tert-OH is 1. The minimum absolute atomic E-state index is 0.00257. The van der Waals surface area contributed by atoms with Crippen LogP contribution in [0.4, 0.5) is 13.2 Å². The molecule has 0 bridgehead atoms. The van der Waals surface area contributed by atoms with Crippen LogP contribution in [0.5, 0.6) is 11.5 Å². The summed E-state index contributed by atoms with van der Waals surface area (Å²) in [5, 5.41) is 10.5. The Labute approximate surface area is 214 Å². The lowest BCUT2D eigenvalue weighted by Crippen LogP contribution is -2.43. The molecule has 12 nitrogen and oxygen atoms in total. The fourth-order valence-corrected chi connectivity index (χ4v) is 4.19. The zero-order valence-corrected chi connectivity index (χ0v) is 21.1. The van der Waals surface area contributed by atoms with Crippen molar-refractivity contribution in [3.05, 3.63) is 57.4 Å². The van der Waals surface area contributed by atoms with E-state index in [1.165, 1.54) is 31.2 Å². The number of carbonyl (C=O) groups is 1. The molecule has 1 unspecified atom stereocenters. The standard InChI is InChI=1S/C22H25F3N3O9P/c1-12(19(31)35-13(9-23)10-24)27-38(33)37-15-6-4-3-5-14(15)34-11-16-18(30)22(2,25)20(36-16)28-8-7-17(29)26-21(28)32/h3-8,12-13,16,18,20,30H,9-11H2,1-2H3,(H,26,29,32)/t12-,16+,18+,20+,22+/m0/s1. The Hall–Kier alpha value is -3.26. The number of esters is 1. The summed E-state index contributed by atoms with van der Waals surface area (Å²) >= 11 is 0. The summed E-state index contributed by atoms with van der Waals surface area (Å²) in [6.45, 7) is -0.665. The minimum atomic E-state index is -2.87. The molecule has 3 rings (SSSR count). The van der Waals surface area contributed by atoms with E-state index >= 15 is 4.39 Å². The van der Waals surface area contributed by atoms with E-state index in [0.717, 1.165) is 23.8 Å². The number of halogens is 3. The third kappa shape index (κ3) is 6.78. The Bertz CT molecular complexity index is 1270. The summed E-state index contributed by atoms with van der Waals surface area (Å²) in [7, 11) is -2.87. The van der Waals surface area contributed by atoms with Gasteiger partial charge < -0.3 is 24.2 Å². The number of nitrogens with zero attached hydrogens (tertiary/aromatic N) is 2. The van der Waals surface area contributed by atoms with Gasteiger partial charge in [-0.15, -0.1) is 0 Å². The van der Waals surface area contributed by atoms with Gasteiger partial charge in [0, 0.05) is 12.3 Å². The molecule has 208 valence electrons. The molecule has 2 heterocycles. The van der Waals surface area contributed by atoms with E-state index in [4.69, 9.17) is 14.0 Å². The molecule has 38 heavy (non-hydrogen) atoms. The molecule has 1 aliphatic heterocycles. The van der Waals surface area contributed by atoms with Gasteiger partial charge in [-0.05, 0) is 26.0 Å². The van der Waals surface area contributed by atoms with Crippen molar-refractivity contribution >= 4 is 14.1 Å². The summed E-state index contributed by atoms with van der Waals surface area (Å²) in [6.07, 6.45) is -5.14. The lowest BCUT2D eigenvalue weighted by molar-refractivity contribution is -0.170. The second-order valence-electron chi connectivity index (χ2n) is 8.39. The molecule has 2 N–H and O–H groups in total. The van der Waals surface area contributed by atoms with E-state index in [2.05, 4.69) is 9.48 Å². The van der Waals surface area contributed by atoms with Gasteiger partial charge in [-0.1, -0.05) is 16.9 Å². The van der Waals surface area contributed by atoms with Crippen molar-refractivity contribution in [2.75, 3.05) is 20.0 Å². The molecule has 16 heteroatoms. The molecule has 1 aromatic carbocycles. The predicted molar refractivity (Wildman–Crippen MR) is 124 cm³/mol. The maximum Gasteiger partial charge on any atom is 0.395 e. The first kappa shape index (κ1) is 29.3. The number of aromatic amines is 1. The molecule has 0 aliphatic carbocycles. The topological polar surface area (TPSA) is 164 Å². The lowest BCUT2D eigenvalue weighted by Gasteiger charge is -2.24. The van der Waals surface area contributed by atoms with Gasteiger partial charge >= 0.3 is 19.8 Å². The summed E-state index contributed by atoms with van der Waals surface area (Å²) in [5.74, 6) is -1.19. The van der Waals surface area contributed by atoms with Crippen LogP contribution in [0.25, 0.3) is 0 Å². The molecule has 1 aromatic heterocycles. The van der Waals surface area contributed by atoms with Gasteiger partial charge in [0.05, 0.1) is 0 Å². The molecule has 1 saturated heterocycles. The van der Waals surface area contributed by atoms with E-state index in [1.807, 2.05) is 4.98 Å². The second-order valence-corrected chi connectivity index (χ2v) is 9.28. The highest BCUT2D eigenvalue weighted by Crippen LogP contribution is 2.41. The number of rotatable bonds is 11. The highest BCUT2D eigenvalue weighted by molar-refractivity contribution is 7.34. The highest BCUT2D eigenvalue weighted by Gasteiger charge is 2.55. The van der Waals surface area contributed by atoms with Crippen molar-refractivity contribution < 1.29 is 46.7 Å². The van der Waals surface area contributed by atoms with E-state index in [0.29, 0.717) is 0 Å². The Morgan fingerprint density at radius 2 is 1.95 bits per heavy atom. The van der Waals surface area contributed by atoms with Gasteiger partial charge in [0.15, 0.2) is 29.8 Å². The van der Waals surface area contributed by atoms with Crippen molar-refractivity contribution in [1.82, 2.24) is 9.55 Å². The number of aromatic nitrogens is 2. The van der Waals surface area contributed by atoms with Crippen LogP contribution >= 0.6 is 8.17 Å². The van der Waals surface area contributed by atoms with Gasteiger partial charge in [0.2, 0.25) is 5.75 Å². The molecule has 6 atom stereocenters. The molecule has 2 aromatic rings. The molecule has 1 fully saturated rings. The first-order valence-corrected chi connectivity index (χ1v) is 12.3. The summed E-state index contributed by atoms with van der Waals surface area (Å²) in [6, 6.07) is 5.45. The summed E-state index contributed by atoms with van der Waals surface area (Å²) < 4.78 is 65.7.